The van der Waals surface area contributed by atoms with Crippen LogP contribution in [0, 0.1) is 5.92 Å². The number of hydrogen-bond acceptors (Lipinski definition) is 5. The third kappa shape index (κ3) is 2.85. The molecule has 2 aliphatic rings. The fraction of sp³-hybridized carbons (Fsp3) is 0.667. The van der Waals surface area contributed by atoms with E-state index in [1.807, 2.05) is 4.90 Å². The maximum Gasteiger partial charge on any atom is 0.274 e. The van der Waals surface area contributed by atoms with E-state index in [1.165, 1.54) is 19.4 Å². The fourth-order valence-corrected chi connectivity index (χ4v) is 3.59. The van der Waals surface area contributed by atoms with Crippen molar-refractivity contribution in [2.24, 2.45) is 5.92 Å². The van der Waals surface area contributed by atoms with E-state index in [9.17, 15) is 4.79 Å². The van der Waals surface area contributed by atoms with Crippen LogP contribution in [0.25, 0.3) is 0 Å². The highest BCUT2D eigenvalue weighted by atomic mass is 16.2. The molecule has 1 aromatic heterocycles. The molecule has 2 fully saturated rings. The number of piperidine rings is 2. The van der Waals surface area contributed by atoms with E-state index < -0.39 is 0 Å². The molecule has 0 spiro atoms. The van der Waals surface area contributed by atoms with Crippen LogP contribution in [0.15, 0.2) is 12.4 Å². The SMILES string of the molecule is CNc1cncc(C(=O)N2CCC3C(CCCN3C)C2)n1. The van der Waals surface area contributed by atoms with Crippen LogP contribution in [0.1, 0.15) is 29.8 Å². The average Bonchev–Trinajstić information content (AvgIpc) is 2.54. The quantitative estimate of drug-likeness (QED) is 0.882. The van der Waals surface area contributed by atoms with Gasteiger partial charge in [0.15, 0.2) is 0 Å². The van der Waals surface area contributed by atoms with Gasteiger partial charge in [0.05, 0.1) is 12.4 Å². The molecule has 2 atom stereocenters. The highest BCUT2D eigenvalue weighted by Crippen LogP contribution is 2.30. The van der Waals surface area contributed by atoms with Crippen LogP contribution in [-0.4, -0.2) is 65.4 Å². The lowest BCUT2D eigenvalue weighted by atomic mass is 9.84. The third-order valence-corrected chi connectivity index (χ3v) is 4.74. The third-order valence-electron chi connectivity index (χ3n) is 4.74. The molecule has 1 aromatic rings. The molecule has 21 heavy (non-hydrogen) atoms. The number of fused-ring (bicyclic) bond motifs is 1. The summed E-state index contributed by atoms with van der Waals surface area (Å²) in [5.41, 5.74) is 0.435. The number of nitrogens with one attached hydrogen (secondary N) is 1. The number of anilines is 1. The van der Waals surface area contributed by atoms with Gasteiger partial charge in [-0.3, -0.25) is 9.78 Å². The first-order valence-corrected chi connectivity index (χ1v) is 7.68. The van der Waals surface area contributed by atoms with Crippen molar-refractivity contribution in [2.75, 3.05) is 39.0 Å². The minimum Gasteiger partial charge on any atom is -0.372 e. The second kappa shape index (κ2) is 5.97. The second-order valence-corrected chi connectivity index (χ2v) is 6.03. The molecule has 0 radical (unpaired) electrons. The summed E-state index contributed by atoms with van der Waals surface area (Å²) < 4.78 is 0. The number of carbonyl (C=O) groups is 1. The van der Waals surface area contributed by atoms with Gasteiger partial charge in [-0.25, -0.2) is 4.98 Å². The van der Waals surface area contributed by atoms with Crippen molar-refractivity contribution >= 4 is 11.7 Å². The molecule has 0 aliphatic carbocycles. The summed E-state index contributed by atoms with van der Waals surface area (Å²) in [7, 11) is 3.98. The Bertz CT molecular complexity index is 521. The highest BCUT2D eigenvalue weighted by Gasteiger charge is 2.36. The Labute approximate surface area is 125 Å². The first-order chi connectivity index (χ1) is 10.2. The molecule has 0 bridgehead atoms. The normalized spacial score (nSPS) is 26.3. The zero-order valence-electron chi connectivity index (χ0n) is 12.7. The molecule has 114 valence electrons. The van der Waals surface area contributed by atoms with Crippen molar-refractivity contribution in [1.82, 2.24) is 19.8 Å². The predicted octanol–water partition coefficient (Wildman–Crippen LogP) is 1.07. The molecule has 6 heteroatoms. The van der Waals surface area contributed by atoms with Crippen LogP contribution in [0.4, 0.5) is 5.82 Å². The number of amides is 1. The van der Waals surface area contributed by atoms with E-state index in [-0.39, 0.29) is 5.91 Å². The minimum atomic E-state index is 0.00581. The maximum atomic E-state index is 12.6. The summed E-state index contributed by atoms with van der Waals surface area (Å²) in [5.74, 6) is 1.24. The van der Waals surface area contributed by atoms with E-state index in [0.717, 1.165) is 19.5 Å². The monoisotopic (exact) mass is 289 g/mol. The van der Waals surface area contributed by atoms with Crippen LogP contribution < -0.4 is 5.32 Å². The molecule has 3 heterocycles. The van der Waals surface area contributed by atoms with Gasteiger partial charge >= 0.3 is 0 Å². The molecular formula is C15H23N5O. The van der Waals surface area contributed by atoms with Gasteiger partial charge in [0.1, 0.15) is 11.5 Å². The van der Waals surface area contributed by atoms with Crippen LogP contribution in [0.5, 0.6) is 0 Å². The van der Waals surface area contributed by atoms with Crippen molar-refractivity contribution in [3.63, 3.8) is 0 Å². The summed E-state index contributed by atoms with van der Waals surface area (Å²) >= 11 is 0. The molecule has 0 saturated carbocycles. The Balaban J connectivity index is 1.71. The van der Waals surface area contributed by atoms with Crippen LogP contribution in [0.2, 0.25) is 0 Å². The van der Waals surface area contributed by atoms with Gasteiger partial charge in [-0.05, 0) is 38.8 Å². The smallest absolute Gasteiger partial charge is 0.274 e. The maximum absolute atomic E-state index is 12.6. The van der Waals surface area contributed by atoms with Crippen LogP contribution in [-0.2, 0) is 0 Å². The Morgan fingerprint density at radius 2 is 2.19 bits per heavy atom. The van der Waals surface area contributed by atoms with Crippen molar-refractivity contribution in [2.45, 2.75) is 25.3 Å². The van der Waals surface area contributed by atoms with Gasteiger partial charge in [-0.15, -0.1) is 0 Å². The summed E-state index contributed by atoms with van der Waals surface area (Å²) in [6.45, 7) is 2.85. The zero-order chi connectivity index (χ0) is 14.8. The molecule has 2 unspecified atom stereocenters. The summed E-state index contributed by atoms with van der Waals surface area (Å²) in [6.07, 6.45) is 6.70. The minimum absolute atomic E-state index is 0.00581. The second-order valence-electron chi connectivity index (χ2n) is 6.03. The molecule has 2 saturated heterocycles. The highest BCUT2D eigenvalue weighted by molar-refractivity contribution is 5.92. The van der Waals surface area contributed by atoms with Crippen molar-refractivity contribution in [3.8, 4) is 0 Å². The molecule has 0 aromatic carbocycles. The van der Waals surface area contributed by atoms with Crippen molar-refractivity contribution in [3.05, 3.63) is 18.1 Å². The molecular weight excluding hydrogens is 266 g/mol. The lowest BCUT2D eigenvalue weighted by Gasteiger charge is -2.45. The molecule has 2 aliphatic heterocycles. The predicted molar refractivity (Wildman–Crippen MR) is 81.2 cm³/mol. The average molecular weight is 289 g/mol. The topological polar surface area (TPSA) is 61.4 Å². The van der Waals surface area contributed by atoms with Gasteiger partial charge < -0.3 is 15.1 Å². The van der Waals surface area contributed by atoms with Gasteiger partial charge in [0, 0.05) is 26.2 Å². The number of rotatable bonds is 2. The Morgan fingerprint density at radius 3 is 3.00 bits per heavy atom. The standard InChI is InChI=1S/C15H23N5O/c1-16-14-9-17-8-12(18-14)15(21)20-7-5-13-11(10-20)4-3-6-19(13)2/h8-9,11,13H,3-7,10H2,1-2H3,(H,16,18). The van der Waals surface area contributed by atoms with E-state index >= 15 is 0 Å². The number of aromatic nitrogens is 2. The van der Waals surface area contributed by atoms with Crippen molar-refractivity contribution in [1.29, 1.82) is 0 Å². The molecule has 1 amide bonds. The summed E-state index contributed by atoms with van der Waals surface area (Å²) in [4.78, 5) is 25.4. The van der Waals surface area contributed by atoms with E-state index in [4.69, 9.17) is 0 Å². The Hall–Kier alpha value is -1.69. The fourth-order valence-electron chi connectivity index (χ4n) is 3.59. The van der Waals surface area contributed by atoms with E-state index in [2.05, 4.69) is 27.2 Å². The molecule has 1 N–H and O–H groups in total. The molecule has 6 nitrogen and oxygen atoms in total. The van der Waals surface area contributed by atoms with Crippen LogP contribution >= 0.6 is 0 Å². The lowest BCUT2D eigenvalue weighted by molar-refractivity contribution is 0.0313. The van der Waals surface area contributed by atoms with E-state index in [0.29, 0.717) is 23.5 Å². The number of hydrogen-bond donors (Lipinski definition) is 1. The first kappa shape index (κ1) is 14.3. The zero-order valence-corrected chi connectivity index (χ0v) is 12.7. The largest absolute Gasteiger partial charge is 0.372 e. The van der Waals surface area contributed by atoms with Crippen LogP contribution in [0.3, 0.4) is 0 Å². The van der Waals surface area contributed by atoms with Crippen molar-refractivity contribution < 1.29 is 4.79 Å². The summed E-state index contributed by atoms with van der Waals surface area (Å²) in [6, 6.07) is 0.637. The van der Waals surface area contributed by atoms with Gasteiger partial charge in [-0.1, -0.05) is 0 Å². The summed E-state index contributed by atoms with van der Waals surface area (Å²) in [5, 5.41) is 2.93. The molecule has 3 rings (SSSR count). The number of nitrogens with zero attached hydrogens (tertiary/aromatic N) is 4. The number of carbonyl (C=O) groups excluding carboxylic acids is 1. The Morgan fingerprint density at radius 1 is 1.33 bits per heavy atom. The van der Waals surface area contributed by atoms with E-state index in [1.54, 1.807) is 19.4 Å². The van der Waals surface area contributed by atoms with Gasteiger partial charge in [-0.2, -0.15) is 0 Å². The van der Waals surface area contributed by atoms with Gasteiger partial charge in [0.25, 0.3) is 5.91 Å². The first-order valence-electron chi connectivity index (χ1n) is 7.68. The van der Waals surface area contributed by atoms with Gasteiger partial charge in [0.2, 0.25) is 0 Å². The Kier molecular flexibility index (Phi) is 4.05. The lowest BCUT2D eigenvalue weighted by Crippen LogP contribution is -2.54. The number of likely N-dealkylation sites (tertiary alicyclic amines) is 2.